The first-order chi connectivity index (χ1) is 15.5. The molecule has 0 heterocycles. The van der Waals surface area contributed by atoms with Gasteiger partial charge in [-0.15, -0.1) is 0 Å². The van der Waals surface area contributed by atoms with Crippen molar-refractivity contribution in [3.8, 4) is 0 Å². The highest BCUT2D eigenvalue weighted by Gasteiger charge is 2.46. The summed E-state index contributed by atoms with van der Waals surface area (Å²) in [5.74, 6) is -0.800. The summed E-state index contributed by atoms with van der Waals surface area (Å²) in [6, 6.07) is 23.7. The van der Waals surface area contributed by atoms with Gasteiger partial charge in [-0.25, -0.2) is 4.79 Å². The van der Waals surface area contributed by atoms with Crippen LogP contribution in [0.15, 0.2) is 91.0 Å². The number of benzene rings is 3. The normalized spacial score (nSPS) is 13.9. The Labute approximate surface area is 185 Å². The molecule has 0 unspecified atom stereocenters. The predicted molar refractivity (Wildman–Crippen MR) is 120 cm³/mol. The molecule has 164 valence electrons. The fraction of sp³-hybridized carbons (Fsp3) is 0.160. The Kier molecular flexibility index (Phi) is 7.49. The standard InChI is InChI=1S/C25H23NO6/c1-31-24(28)25(17-16-19-8-4-2-5-9-19,32-18-20-10-6-3-7-11-20)23(27)21-12-14-22(15-13-21)26(29)30/h2-17,23,27H,18H2,1H3/b17-16+/t23-,25+/m1/s1. The molecule has 7 heteroatoms. The first-order valence-electron chi connectivity index (χ1n) is 9.89. The van der Waals surface area contributed by atoms with Gasteiger partial charge in [-0.2, -0.15) is 0 Å². The second kappa shape index (κ2) is 10.5. The van der Waals surface area contributed by atoms with Crippen molar-refractivity contribution in [3.63, 3.8) is 0 Å². The zero-order valence-corrected chi connectivity index (χ0v) is 17.5. The van der Waals surface area contributed by atoms with Crippen LogP contribution in [-0.2, 0) is 20.9 Å². The molecule has 0 bridgehead atoms. The van der Waals surface area contributed by atoms with E-state index in [2.05, 4.69) is 0 Å². The van der Waals surface area contributed by atoms with Crippen molar-refractivity contribution in [2.45, 2.75) is 18.3 Å². The van der Waals surface area contributed by atoms with Gasteiger partial charge in [0.1, 0.15) is 6.10 Å². The molecule has 0 saturated heterocycles. The van der Waals surface area contributed by atoms with Crippen LogP contribution in [0, 0.1) is 10.1 Å². The molecule has 0 radical (unpaired) electrons. The number of nitro groups is 1. The van der Waals surface area contributed by atoms with E-state index in [1.54, 1.807) is 6.08 Å². The molecule has 1 N–H and O–H groups in total. The van der Waals surface area contributed by atoms with Gasteiger partial charge in [0.25, 0.3) is 5.69 Å². The maximum atomic E-state index is 13.0. The van der Waals surface area contributed by atoms with Crippen molar-refractivity contribution in [1.82, 2.24) is 0 Å². The van der Waals surface area contributed by atoms with Crippen molar-refractivity contribution in [1.29, 1.82) is 0 Å². The van der Waals surface area contributed by atoms with Crippen molar-refractivity contribution < 1.29 is 24.3 Å². The topological polar surface area (TPSA) is 98.9 Å². The summed E-state index contributed by atoms with van der Waals surface area (Å²) in [6.45, 7) is 0.0269. The Balaban J connectivity index is 2.04. The van der Waals surface area contributed by atoms with Gasteiger partial charge >= 0.3 is 5.97 Å². The molecule has 7 nitrogen and oxygen atoms in total. The summed E-state index contributed by atoms with van der Waals surface area (Å²) in [6.07, 6.45) is 1.64. The molecule has 0 amide bonds. The van der Waals surface area contributed by atoms with Crippen LogP contribution in [0.4, 0.5) is 5.69 Å². The van der Waals surface area contributed by atoms with E-state index >= 15 is 0 Å². The number of nitro benzene ring substituents is 1. The number of aliphatic hydroxyl groups is 1. The minimum absolute atomic E-state index is 0.0269. The molecule has 3 aromatic carbocycles. The third kappa shape index (κ3) is 5.26. The quantitative estimate of drug-likeness (QED) is 0.304. The smallest absolute Gasteiger partial charge is 0.345 e. The van der Waals surface area contributed by atoms with E-state index in [4.69, 9.17) is 9.47 Å². The minimum atomic E-state index is -1.89. The number of rotatable bonds is 9. The van der Waals surface area contributed by atoms with Gasteiger partial charge in [0.15, 0.2) is 0 Å². The van der Waals surface area contributed by atoms with E-state index < -0.39 is 22.6 Å². The zero-order valence-electron chi connectivity index (χ0n) is 17.5. The van der Waals surface area contributed by atoms with Crippen LogP contribution < -0.4 is 0 Å². The Hall–Kier alpha value is -3.81. The predicted octanol–water partition coefficient (Wildman–Crippen LogP) is 4.47. The number of hydrogen-bond donors (Lipinski definition) is 1. The summed E-state index contributed by atoms with van der Waals surface area (Å²) in [4.78, 5) is 23.4. The number of non-ortho nitro benzene ring substituents is 1. The molecule has 0 aromatic heterocycles. The first kappa shape index (κ1) is 22.9. The summed E-state index contributed by atoms with van der Waals surface area (Å²) in [5, 5.41) is 22.3. The molecule has 3 rings (SSSR count). The monoisotopic (exact) mass is 433 g/mol. The Morgan fingerprint density at radius 2 is 1.62 bits per heavy atom. The highest BCUT2D eigenvalue weighted by atomic mass is 16.6. The van der Waals surface area contributed by atoms with Gasteiger partial charge in [-0.05, 0) is 34.9 Å². The van der Waals surface area contributed by atoms with Crippen molar-refractivity contribution in [2.24, 2.45) is 0 Å². The fourth-order valence-electron chi connectivity index (χ4n) is 3.20. The second-order valence-corrected chi connectivity index (χ2v) is 7.05. The SMILES string of the molecule is COC(=O)[C@@](/C=C/c1ccccc1)(OCc1ccccc1)[C@H](O)c1ccc([N+](=O)[O-])cc1. The lowest BCUT2D eigenvalue weighted by Crippen LogP contribution is -2.46. The van der Waals surface area contributed by atoms with Crippen molar-refractivity contribution in [2.75, 3.05) is 7.11 Å². The molecule has 32 heavy (non-hydrogen) atoms. The van der Waals surface area contributed by atoms with Gasteiger partial charge in [0.2, 0.25) is 5.60 Å². The number of aliphatic hydroxyl groups excluding tert-OH is 1. The molecule has 0 aliphatic carbocycles. The van der Waals surface area contributed by atoms with Gasteiger partial charge in [-0.1, -0.05) is 66.7 Å². The van der Waals surface area contributed by atoms with Gasteiger partial charge in [-0.3, -0.25) is 10.1 Å². The maximum Gasteiger partial charge on any atom is 0.345 e. The Morgan fingerprint density at radius 3 is 2.19 bits per heavy atom. The van der Waals surface area contributed by atoms with E-state index in [-0.39, 0.29) is 17.9 Å². The summed E-state index contributed by atoms with van der Waals surface area (Å²) in [7, 11) is 1.21. The van der Waals surface area contributed by atoms with E-state index in [0.717, 1.165) is 11.1 Å². The molecule has 0 fully saturated rings. The molecule has 0 spiro atoms. The average molecular weight is 433 g/mol. The average Bonchev–Trinajstić information content (AvgIpc) is 2.85. The summed E-state index contributed by atoms with van der Waals surface area (Å²) >= 11 is 0. The molecular weight excluding hydrogens is 410 g/mol. The summed E-state index contributed by atoms with van der Waals surface area (Å²) in [5.41, 5.74) is -0.164. The molecule has 0 saturated carbocycles. The lowest BCUT2D eigenvalue weighted by Gasteiger charge is -2.33. The van der Waals surface area contributed by atoms with E-state index in [0.29, 0.717) is 0 Å². The molecule has 0 aliphatic heterocycles. The number of carbonyl (C=O) groups is 1. The molecule has 3 aromatic rings. The van der Waals surface area contributed by atoms with Crippen LogP contribution in [0.2, 0.25) is 0 Å². The summed E-state index contributed by atoms with van der Waals surface area (Å²) < 4.78 is 11.1. The lowest BCUT2D eigenvalue weighted by atomic mass is 9.89. The van der Waals surface area contributed by atoms with E-state index in [1.807, 2.05) is 60.7 Å². The van der Waals surface area contributed by atoms with E-state index in [9.17, 15) is 20.0 Å². The van der Waals surface area contributed by atoms with Crippen molar-refractivity contribution >= 4 is 17.7 Å². The third-order valence-electron chi connectivity index (χ3n) is 4.97. The highest BCUT2D eigenvalue weighted by Crippen LogP contribution is 2.35. The number of hydrogen-bond acceptors (Lipinski definition) is 6. The van der Waals surface area contributed by atoms with Crippen LogP contribution in [0.1, 0.15) is 22.8 Å². The van der Waals surface area contributed by atoms with Crippen LogP contribution in [0.5, 0.6) is 0 Å². The fourth-order valence-corrected chi connectivity index (χ4v) is 3.20. The van der Waals surface area contributed by atoms with Crippen molar-refractivity contribution in [3.05, 3.63) is 118 Å². The lowest BCUT2D eigenvalue weighted by molar-refractivity contribution is -0.384. The number of esters is 1. The largest absolute Gasteiger partial charge is 0.467 e. The second-order valence-electron chi connectivity index (χ2n) is 7.05. The van der Waals surface area contributed by atoms with Gasteiger partial charge in [0, 0.05) is 12.1 Å². The zero-order chi connectivity index (χ0) is 23.0. The Morgan fingerprint density at radius 1 is 1.03 bits per heavy atom. The highest BCUT2D eigenvalue weighted by molar-refractivity contribution is 5.84. The van der Waals surface area contributed by atoms with Crippen LogP contribution in [0.25, 0.3) is 6.08 Å². The van der Waals surface area contributed by atoms with Gasteiger partial charge < -0.3 is 14.6 Å². The Bertz CT molecular complexity index is 1070. The number of ether oxygens (including phenoxy) is 2. The molecular formula is C25H23NO6. The molecule has 2 atom stereocenters. The number of carbonyl (C=O) groups excluding carboxylic acids is 1. The van der Waals surface area contributed by atoms with E-state index in [1.165, 1.54) is 37.5 Å². The maximum absolute atomic E-state index is 13.0. The minimum Gasteiger partial charge on any atom is -0.467 e. The van der Waals surface area contributed by atoms with Gasteiger partial charge in [0.05, 0.1) is 18.6 Å². The molecule has 0 aliphatic rings. The van der Waals surface area contributed by atoms with Crippen LogP contribution >= 0.6 is 0 Å². The van der Waals surface area contributed by atoms with Crippen LogP contribution in [0.3, 0.4) is 0 Å². The first-order valence-corrected chi connectivity index (χ1v) is 9.89. The van der Waals surface area contributed by atoms with Crippen LogP contribution in [-0.4, -0.2) is 28.7 Å². The number of methoxy groups -OCH3 is 1. The third-order valence-corrected chi connectivity index (χ3v) is 4.97. The number of nitrogens with zero attached hydrogens (tertiary/aromatic N) is 1.